The third-order valence-corrected chi connectivity index (χ3v) is 7.44. The summed E-state index contributed by atoms with van der Waals surface area (Å²) < 4.78 is 11.5. The summed E-state index contributed by atoms with van der Waals surface area (Å²) in [5.74, 6) is -1.71. The van der Waals surface area contributed by atoms with Crippen LogP contribution in [0.15, 0.2) is 54.6 Å². The molecule has 0 saturated carbocycles. The number of piperidine rings is 1. The van der Waals surface area contributed by atoms with Gasteiger partial charge in [-0.3, -0.25) is 30.0 Å². The highest BCUT2D eigenvalue weighted by atomic mass is 16.6. The Labute approximate surface area is 248 Å². The number of hydrogen-bond acceptors (Lipinski definition) is 8. The Morgan fingerprint density at radius 3 is 2.40 bits per heavy atom. The number of aromatic nitrogens is 1. The quantitative estimate of drug-likeness (QED) is 0.384. The Bertz CT molecular complexity index is 1590. The minimum Gasteiger partial charge on any atom is -0.489 e. The molecule has 2 aliphatic heterocycles. The van der Waals surface area contributed by atoms with E-state index in [4.69, 9.17) is 9.47 Å². The van der Waals surface area contributed by atoms with Crippen LogP contribution in [0.3, 0.4) is 0 Å². The van der Waals surface area contributed by atoms with Crippen LogP contribution in [0.25, 0.3) is 10.9 Å². The summed E-state index contributed by atoms with van der Waals surface area (Å²) in [6.07, 6.45) is -0.772. The van der Waals surface area contributed by atoms with E-state index in [0.29, 0.717) is 12.4 Å². The number of para-hydroxylation sites is 1. The van der Waals surface area contributed by atoms with Gasteiger partial charge < -0.3 is 19.7 Å². The average molecular weight is 588 g/mol. The second-order valence-corrected chi connectivity index (χ2v) is 11.7. The zero-order valence-corrected chi connectivity index (χ0v) is 24.4. The van der Waals surface area contributed by atoms with Gasteiger partial charge in [0.2, 0.25) is 11.8 Å². The molecule has 1 aromatic heterocycles. The van der Waals surface area contributed by atoms with E-state index in [2.05, 4.69) is 20.9 Å². The summed E-state index contributed by atoms with van der Waals surface area (Å²) in [6.45, 7) is 7.20. The van der Waals surface area contributed by atoms with Crippen LogP contribution in [0.1, 0.15) is 48.8 Å². The molecule has 12 nitrogen and oxygen atoms in total. The van der Waals surface area contributed by atoms with Crippen LogP contribution in [0.2, 0.25) is 0 Å². The van der Waals surface area contributed by atoms with Crippen molar-refractivity contribution in [1.29, 1.82) is 0 Å². The zero-order valence-electron chi connectivity index (χ0n) is 24.4. The highest BCUT2D eigenvalue weighted by Gasteiger charge is 2.59. The number of hydrogen-bond donors (Lipinski definition) is 3. The third-order valence-electron chi connectivity index (χ3n) is 7.44. The Balaban J connectivity index is 1.32. The molecule has 2 aromatic carbocycles. The smallest absolute Gasteiger partial charge is 0.410 e. The van der Waals surface area contributed by atoms with Crippen LogP contribution in [-0.2, 0) is 20.9 Å². The van der Waals surface area contributed by atoms with Crippen LogP contribution in [0.4, 0.5) is 9.59 Å². The van der Waals surface area contributed by atoms with E-state index in [0.717, 1.165) is 22.2 Å². The lowest BCUT2D eigenvalue weighted by atomic mass is 9.71. The van der Waals surface area contributed by atoms with Crippen molar-refractivity contribution in [3.05, 3.63) is 71.4 Å². The molecule has 1 atom stereocenters. The Hall–Kier alpha value is -5.00. The van der Waals surface area contributed by atoms with Gasteiger partial charge in [0.05, 0.1) is 11.6 Å². The highest BCUT2D eigenvalue weighted by Crippen LogP contribution is 2.35. The van der Waals surface area contributed by atoms with E-state index >= 15 is 0 Å². The van der Waals surface area contributed by atoms with Gasteiger partial charge in [-0.05, 0) is 70.5 Å². The molecule has 3 N–H and O–H groups in total. The number of nitrogens with one attached hydrogen (secondary N) is 3. The van der Waals surface area contributed by atoms with E-state index in [1.54, 1.807) is 45.0 Å². The van der Waals surface area contributed by atoms with Gasteiger partial charge in [0.15, 0.2) is 5.41 Å². The first-order valence-corrected chi connectivity index (χ1v) is 13.9. The van der Waals surface area contributed by atoms with Crippen molar-refractivity contribution >= 4 is 40.7 Å². The van der Waals surface area contributed by atoms with Gasteiger partial charge in [0.1, 0.15) is 18.0 Å². The number of aryl methyl sites for hydroxylation is 1. The van der Waals surface area contributed by atoms with Gasteiger partial charge in [0.25, 0.3) is 5.91 Å². The summed E-state index contributed by atoms with van der Waals surface area (Å²) in [5.41, 5.74) is 0.406. The zero-order chi connectivity index (χ0) is 30.9. The number of carbonyl (C=O) groups is 5. The summed E-state index contributed by atoms with van der Waals surface area (Å²) in [7, 11) is 0. The SMILES string of the molecule is Cc1cc(COc2ccc(C(=O)NC3CN(C(=O)OC(C)(C)C)CCC34C(=O)NC(=O)NC4=O)cc2)c2ccccc2n1. The van der Waals surface area contributed by atoms with E-state index in [9.17, 15) is 24.0 Å². The van der Waals surface area contributed by atoms with E-state index < -0.39 is 46.9 Å². The number of amides is 6. The second-order valence-electron chi connectivity index (χ2n) is 11.7. The first-order valence-electron chi connectivity index (χ1n) is 13.9. The topological polar surface area (TPSA) is 156 Å². The summed E-state index contributed by atoms with van der Waals surface area (Å²) in [4.78, 5) is 70.0. The lowest BCUT2D eigenvalue weighted by molar-refractivity contribution is -0.149. The number of rotatable bonds is 5. The maximum atomic E-state index is 13.4. The van der Waals surface area contributed by atoms with Crippen LogP contribution in [-0.4, -0.2) is 64.5 Å². The van der Waals surface area contributed by atoms with Gasteiger partial charge in [-0.2, -0.15) is 0 Å². The Morgan fingerprint density at radius 1 is 1.05 bits per heavy atom. The fourth-order valence-electron chi connectivity index (χ4n) is 5.34. The van der Waals surface area contributed by atoms with Crippen molar-refractivity contribution in [2.24, 2.45) is 5.41 Å². The molecule has 1 spiro atoms. The number of pyridine rings is 1. The van der Waals surface area contributed by atoms with Gasteiger partial charge in [0, 0.05) is 35.3 Å². The first-order chi connectivity index (χ1) is 20.4. The predicted molar refractivity (Wildman–Crippen MR) is 155 cm³/mol. The van der Waals surface area contributed by atoms with Gasteiger partial charge in [-0.15, -0.1) is 0 Å². The molecule has 0 bridgehead atoms. The van der Waals surface area contributed by atoms with Crippen molar-refractivity contribution in [1.82, 2.24) is 25.8 Å². The molecule has 1 unspecified atom stereocenters. The number of ether oxygens (including phenoxy) is 2. The van der Waals surface area contributed by atoms with Crippen LogP contribution in [0.5, 0.6) is 5.75 Å². The van der Waals surface area contributed by atoms with Gasteiger partial charge >= 0.3 is 12.1 Å². The molecule has 224 valence electrons. The number of nitrogens with zero attached hydrogens (tertiary/aromatic N) is 2. The van der Waals surface area contributed by atoms with Crippen LogP contribution >= 0.6 is 0 Å². The molecule has 3 heterocycles. The van der Waals surface area contributed by atoms with Crippen molar-refractivity contribution in [2.45, 2.75) is 52.4 Å². The lowest BCUT2D eigenvalue weighted by Gasteiger charge is -2.46. The predicted octanol–water partition coefficient (Wildman–Crippen LogP) is 3.21. The number of benzene rings is 2. The largest absolute Gasteiger partial charge is 0.489 e. The standard InChI is InChI=1S/C31H33N5O7/c1-18-15-20(22-7-5-6-8-23(22)32-18)17-42-21-11-9-19(10-12-21)25(37)33-24-16-36(29(41)43-30(2,3)4)14-13-31(24)26(38)34-28(40)35-27(31)39/h5-12,15,24H,13-14,16-17H2,1-4H3,(H,33,37)(H2,34,35,38,39,40). The number of imide groups is 2. The molecule has 6 amide bonds. The number of fused-ring (bicyclic) bond motifs is 1. The number of carbonyl (C=O) groups excluding carboxylic acids is 5. The fourth-order valence-corrected chi connectivity index (χ4v) is 5.34. The molecule has 0 aliphatic carbocycles. The molecule has 0 radical (unpaired) electrons. The monoisotopic (exact) mass is 587 g/mol. The lowest BCUT2D eigenvalue weighted by Crippen LogP contribution is -2.73. The Kier molecular flexibility index (Phi) is 7.78. The second kappa shape index (κ2) is 11.3. The van der Waals surface area contributed by atoms with Crippen molar-refractivity contribution in [3.63, 3.8) is 0 Å². The van der Waals surface area contributed by atoms with E-state index in [1.807, 2.05) is 37.3 Å². The number of likely N-dealkylation sites (tertiary alicyclic amines) is 1. The van der Waals surface area contributed by atoms with Crippen LogP contribution in [0, 0.1) is 12.3 Å². The summed E-state index contributed by atoms with van der Waals surface area (Å²) in [6, 6.07) is 14.1. The highest BCUT2D eigenvalue weighted by molar-refractivity contribution is 6.20. The minimum absolute atomic E-state index is 0.00857. The molecule has 12 heteroatoms. The maximum absolute atomic E-state index is 13.4. The van der Waals surface area contributed by atoms with Gasteiger partial charge in [-0.25, -0.2) is 9.59 Å². The maximum Gasteiger partial charge on any atom is 0.410 e. The van der Waals surface area contributed by atoms with Crippen LogP contribution < -0.4 is 20.7 Å². The molecule has 43 heavy (non-hydrogen) atoms. The normalized spacial score (nSPS) is 18.2. The third kappa shape index (κ3) is 6.13. The van der Waals surface area contributed by atoms with Gasteiger partial charge in [-0.1, -0.05) is 18.2 Å². The number of urea groups is 1. The minimum atomic E-state index is -1.80. The van der Waals surface area contributed by atoms with Crippen molar-refractivity contribution in [2.75, 3.05) is 13.1 Å². The fraction of sp³-hybridized carbons (Fsp3) is 0.355. The molecular formula is C31H33N5O7. The molecule has 2 aliphatic rings. The van der Waals surface area contributed by atoms with Crippen molar-refractivity contribution < 1.29 is 33.4 Å². The Morgan fingerprint density at radius 2 is 1.72 bits per heavy atom. The average Bonchev–Trinajstić information content (AvgIpc) is 2.94. The van der Waals surface area contributed by atoms with E-state index in [-0.39, 0.29) is 25.1 Å². The summed E-state index contributed by atoms with van der Waals surface area (Å²) >= 11 is 0. The molecule has 2 saturated heterocycles. The molecular weight excluding hydrogens is 554 g/mol. The molecule has 2 fully saturated rings. The molecule has 3 aromatic rings. The molecule has 5 rings (SSSR count). The summed E-state index contributed by atoms with van der Waals surface area (Å²) in [5, 5.41) is 8.00. The number of barbiturate groups is 1. The first kappa shape index (κ1) is 29.5. The van der Waals surface area contributed by atoms with E-state index in [1.165, 1.54) is 4.90 Å². The van der Waals surface area contributed by atoms with Crippen molar-refractivity contribution in [3.8, 4) is 5.75 Å².